The molecule has 5 fully saturated rings. The number of ketones is 1. The van der Waals surface area contributed by atoms with Crippen molar-refractivity contribution in [3.8, 4) is 0 Å². The van der Waals surface area contributed by atoms with Gasteiger partial charge < -0.3 is 31.5 Å². The van der Waals surface area contributed by atoms with Crippen molar-refractivity contribution in [2.24, 2.45) is 33.8 Å². The highest BCUT2D eigenvalue weighted by atomic mass is 16.2. The topological polar surface area (TPSA) is 174 Å². The number of likely N-dealkylation sites (tertiary alicyclic amines) is 1. The molecule has 7 atom stereocenters. The largest absolute Gasteiger partial charge is 0.363 e. The summed E-state index contributed by atoms with van der Waals surface area (Å²) in [6.45, 7) is 15.7. The molecule has 0 aromatic rings. The van der Waals surface area contributed by atoms with E-state index in [1.807, 2.05) is 25.7 Å². The van der Waals surface area contributed by atoms with Crippen LogP contribution < -0.4 is 21.7 Å². The Morgan fingerprint density at radius 1 is 0.815 bits per heavy atom. The van der Waals surface area contributed by atoms with Gasteiger partial charge in [-0.15, -0.1) is 0 Å². The van der Waals surface area contributed by atoms with Gasteiger partial charge >= 0.3 is 6.03 Å². The monoisotopic (exact) mass is 756 g/mol. The number of primary amides is 1. The highest BCUT2D eigenvalue weighted by Crippen LogP contribution is 2.59. The van der Waals surface area contributed by atoms with Gasteiger partial charge in [-0.1, -0.05) is 79.6 Å². The minimum absolute atomic E-state index is 0.00170. The van der Waals surface area contributed by atoms with Crippen molar-refractivity contribution in [2.45, 2.75) is 168 Å². The number of hydrogen-bond donors (Lipinski definition) is 4. The van der Waals surface area contributed by atoms with Gasteiger partial charge in [0.05, 0.1) is 6.04 Å². The maximum Gasteiger partial charge on any atom is 0.316 e. The third kappa shape index (κ3) is 8.91. The van der Waals surface area contributed by atoms with Crippen LogP contribution in [0.15, 0.2) is 0 Å². The number of urea groups is 1. The van der Waals surface area contributed by atoms with E-state index in [9.17, 15) is 28.8 Å². The summed E-state index contributed by atoms with van der Waals surface area (Å²) < 4.78 is 0. The molecule has 2 saturated heterocycles. The third-order valence-corrected chi connectivity index (χ3v) is 14.3. The van der Waals surface area contributed by atoms with Crippen molar-refractivity contribution < 1.29 is 28.8 Å². The molecule has 2 heterocycles. The molecule has 0 bridgehead atoms. The Bertz CT molecular complexity index is 1420. The van der Waals surface area contributed by atoms with Crippen LogP contribution in [0.4, 0.5) is 4.79 Å². The summed E-state index contributed by atoms with van der Waals surface area (Å²) in [5, 5.41) is 8.92. The van der Waals surface area contributed by atoms with Gasteiger partial charge in [-0.2, -0.15) is 0 Å². The molecule has 3 saturated carbocycles. The second-order valence-electron chi connectivity index (χ2n) is 19.4. The Balaban J connectivity index is 1.39. The van der Waals surface area contributed by atoms with Crippen molar-refractivity contribution in [3.63, 3.8) is 0 Å². The number of piperazine rings is 1. The molecule has 13 heteroatoms. The van der Waals surface area contributed by atoms with Crippen LogP contribution >= 0.6 is 0 Å². The van der Waals surface area contributed by atoms with E-state index in [0.717, 1.165) is 70.6 Å². The smallest absolute Gasteiger partial charge is 0.316 e. The van der Waals surface area contributed by atoms with Crippen LogP contribution in [0.1, 0.15) is 132 Å². The highest BCUT2D eigenvalue weighted by molar-refractivity contribution is 6.37. The van der Waals surface area contributed by atoms with E-state index in [1.54, 1.807) is 4.90 Å². The van der Waals surface area contributed by atoms with E-state index < -0.39 is 53.2 Å². The summed E-state index contributed by atoms with van der Waals surface area (Å²) in [5.41, 5.74) is 4.19. The molecule has 2 aliphatic heterocycles. The maximum atomic E-state index is 14.9. The zero-order valence-corrected chi connectivity index (χ0v) is 34.3. The van der Waals surface area contributed by atoms with Gasteiger partial charge in [0.25, 0.3) is 5.91 Å². The van der Waals surface area contributed by atoms with Crippen molar-refractivity contribution in [3.05, 3.63) is 0 Å². The number of nitrogens with zero attached hydrogens (tertiary/aromatic N) is 3. The number of rotatable bonds is 11. The van der Waals surface area contributed by atoms with Crippen LogP contribution in [0.5, 0.6) is 0 Å². The molecule has 304 valence electrons. The fourth-order valence-electron chi connectivity index (χ4n) is 10.1. The van der Waals surface area contributed by atoms with Gasteiger partial charge in [-0.3, -0.25) is 28.9 Å². The number of carbonyl (C=O) groups is 6. The van der Waals surface area contributed by atoms with Gasteiger partial charge in [0.1, 0.15) is 18.1 Å². The van der Waals surface area contributed by atoms with E-state index >= 15 is 0 Å². The normalized spacial score (nSPS) is 29.6. The zero-order valence-electron chi connectivity index (χ0n) is 34.3. The molecule has 54 heavy (non-hydrogen) atoms. The molecule has 5 aliphatic rings. The lowest BCUT2D eigenvalue weighted by Gasteiger charge is -2.44. The minimum Gasteiger partial charge on any atom is -0.363 e. The summed E-state index contributed by atoms with van der Waals surface area (Å²) in [5.74, 6) is -2.62. The van der Waals surface area contributed by atoms with Crippen molar-refractivity contribution in [2.75, 3.05) is 26.7 Å². The van der Waals surface area contributed by atoms with E-state index in [1.165, 1.54) is 0 Å². The number of Topliss-reactive ketones (excluding diaryl/α,β-unsaturated/α-hetero) is 1. The maximum absolute atomic E-state index is 14.9. The van der Waals surface area contributed by atoms with Gasteiger partial charge in [-0.25, -0.2) is 4.79 Å². The highest BCUT2D eigenvalue weighted by Gasteiger charge is 2.59. The average Bonchev–Trinajstić information content (AvgIpc) is 3.63. The van der Waals surface area contributed by atoms with Crippen LogP contribution in [0.25, 0.3) is 0 Å². The first-order valence-electron chi connectivity index (χ1n) is 20.8. The molecule has 13 nitrogen and oxygen atoms in total. The number of likely N-dealkylation sites (N-methyl/N-ethyl adjacent to an activating group) is 1. The Morgan fingerprint density at radius 2 is 1.44 bits per heavy atom. The Labute approximate surface area is 323 Å². The average molecular weight is 756 g/mol. The number of nitrogens with two attached hydrogens (primary N) is 1. The second kappa shape index (κ2) is 16.5. The molecule has 0 aromatic carbocycles. The second-order valence-corrected chi connectivity index (χ2v) is 19.4. The molecular weight excluding hydrogens is 686 g/mol. The molecule has 5 N–H and O–H groups in total. The summed E-state index contributed by atoms with van der Waals surface area (Å²) >= 11 is 0. The molecule has 1 spiro atoms. The molecule has 6 amide bonds. The van der Waals surface area contributed by atoms with E-state index in [4.69, 9.17) is 5.73 Å². The van der Waals surface area contributed by atoms with Gasteiger partial charge in [0.15, 0.2) is 0 Å². The number of nitrogens with one attached hydrogen (secondary N) is 3. The van der Waals surface area contributed by atoms with Crippen LogP contribution in [-0.4, -0.2) is 113 Å². The van der Waals surface area contributed by atoms with Crippen molar-refractivity contribution in [1.82, 2.24) is 30.7 Å². The lowest BCUT2D eigenvalue weighted by molar-refractivity contribution is -0.143. The SMILES string of the molecule is C[C@@H]1CN(C(=O)[C@@H](NC(=O)N[C@@H](C(=O)N2C[C@]3(CCCC3(C)C)CC2C(=O)NC(CC2CCC2)C(=O)C(N)=O)C(C)(C)C)C2CCCCC2)C[C@H](C)N1C. The van der Waals surface area contributed by atoms with Crippen LogP contribution in [0.3, 0.4) is 0 Å². The fourth-order valence-corrected chi connectivity index (χ4v) is 10.1. The molecule has 0 aromatic heterocycles. The molecular formula is C41H69N7O6. The number of hydrogen-bond acceptors (Lipinski definition) is 7. The van der Waals surface area contributed by atoms with Gasteiger partial charge in [0.2, 0.25) is 23.5 Å². The lowest BCUT2D eigenvalue weighted by atomic mass is 9.66. The van der Waals surface area contributed by atoms with Crippen molar-refractivity contribution in [1.29, 1.82) is 0 Å². The van der Waals surface area contributed by atoms with Crippen molar-refractivity contribution >= 4 is 35.4 Å². The number of carbonyl (C=O) groups excluding carboxylic acids is 6. The van der Waals surface area contributed by atoms with E-state index in [2.05, 4.69) is 55.6 Å². The predicted octanol–water partition coefficient (Wildman–Crippen LogP) is 3.73. The fraction of sp³-hybridized carbons (Fsp3) is 0.854. The Morgan fingerprint density at radius 3 is 1.96 bits per heavy atom. The lowest BCUT2D eigenvalue weighted by Crippen LogP contribution is -2.64. The molecule has 3 aliphatic carbocycles. The van der Waals surface area contributed by atoms with Gasteiger partial charge in [-0.05, 0) is 87.5 Å². The number of amides is 6. The first-order chi connectivity index (χ1) is 25.2. The third-order valence-electron chi connectivity index (χ3n) is 14.3. The summed E-state index contributed by atoms with van der Waals surface area (Å²) in [6, 6.07) is -3.89. The summed E-state index contributed by atoms with van der Waals surface area (Å²) in [6.07, 6.45) is 11.2. The first-order valence-corrected chi connectivity index (χ1v) is 20.8. The van der Waals surface area contributed by atoms with Crippen LogP contribution in [0.2, 0.25) is 0 Å². The Kier molecular flexibility index (Phi) is 12.8. The quantitative estimate of drug-likeness (QED) is 0.233. The molecule has 5 rings (SSSR count). The van der Waals surface area contributed by atoms with E-state index in [-0.39, 0.29) is 46.6 Å². The van der Waals surface area contributed by atoms with Crippen LogP contribution in [-0.2, 0) is 24.0 Å². The molecule has 2 unspecified atom stereocenters. The minimum atomic E-state index is -1.09. The van der Waals surface area contributed by atoms with Gasteiger partial charge in [0, 0.05) is 31.7 Å². The zero-order chi connectivity index (χ0) is 39.7. The first kappa shape index (κ1) is 41.9. The summed E-state index contributed by atoms with van der Waals surface area (Å²) in [4.78, 5) is 88.3. The van der Waals surface area contributed by atoms with Crippen LogP contribution in [0, 0.1) is 28.1 Å². The van der Waals surface area contributed by atoms with E-state index in [0.29, 0.717) is 32.5 Å². The standard InChI is InChI=1S/C41H69N7O6/c1-25-22-47(23-26(2)46(25)8)36(52)31(28-16-10-9-11-17-28)44-38(54)45-33(39(3,4)5)37(53)48-24-41(19-13-18-40(41,6)7)21-30(48)35(51)43-29(32(49)34(42)50)20-27-14-12-15-27/h25-31,33H,9-24H2,1-8H3,(H2,42,50)(H,43,51)(H2,44,45,54)/t25-,26+,29?,30?,31-,33-,41-/m0/s1. The molecule has 0 radical (unpaired) electrons. The predicted molar refractivity (Wildman–Crippen MR) is 207 cm³/mol. The summed E-state index contributed by atoms with van der Waals surface area (Å²) in [7, 11) is 2.07. The Hall–Kier alpha value is -3.22.